The van der Waals surface area contributed by atoms with Gasteiger partial charge in [0.2, 0.25) is 5.91 Å². The summed E-state index contributed by atoms with van der Waals surface area (Å²) in [5.74, 6) is -2.69. The molecule has 0 bridgehead atoms. The molecule has 10 nitrogen and oxygen atoms in total. The van der Waals surface area contributed by atoms with Gasteiger partial charge in [-0.2, -0.15) is 13.2 Å². The van der Waals surface area contributed by atoms with Gasteiger partial charge in [-0.3, -0.25) is 20.0 Å². The number of carbonyl (C=O) groups excluding carboxylic acids is 2. The Balaban J connectivity index is 1.60. The molecular formula is C20H19F3N6O4. The minimum absolute atomic E-state index is 0.00614. The van der Waals surface area contributed by atoms with Gasteiger partial charge >= 0.3 is 6.18 Å². The van der Waals surface area contributed by atoms with Crippen LogP contribution < -0.4 is 21.1 Å². The first-order chi connectivity index (χ1) is 15.5. The zero-order valence-electron chi connectivity index (χ0n) is 16.9. The van der Waals surface area contributed by atoms with Crippen LogP contribution in [0.3, 0.4) is 0 Å². The second-order valence-corrected chi connectivity index (χ2v) is 7.13. The number of aromatic nitrogens is 1. The van der Waals surface area contributed by atoms with E-state index in [1.807, 2.05) is 0 Å². The maximum atomic E-state index is 13.1. The minimum atomic E-state index is -4.73. The molecule has 174 valence electrons. The minimum Gasteiger partial charge on any atom is -0.508 e. The molecule has 1 aliphatic rings. The first-order valence-electron chi connectivity index (χ1n) is 9.50. The molecule has 1 saturated carbocycles. The highest BCUT2D eigenvalue weighted by Crippen LogP contribution is 2.40. The van der Waals surface area contributed by atoms with E-state index in [4.69, 9.17) is 15.9 Å². The van der Waals surface area contributed by atoms with Crippen molar-refractivity contribution in [2.45, 2.75) is 31.1 Å². The average molecular weight is 464 g/mol. The van der Waals surface area contributed by atoms with E-state index < -0.39 is 46.4 Å². The summed E-state index contributed by atoms with van der Waals surface area (Å²) in [6, 6.07) is 5.46. The molecule has 6 N–H and O–H groups in total. The van der Waals surface area contributed by atoms with Crippen molar-refractivity contribution in [2.75, 3.05) is 0 Å². The van der Waals surface area contributed by atoms with E-state index in [1.165, 1.54) is 18.3 Å². The number of ether oxygens (including phenoxy) is 1. The summed E-state index contributed by atoms with van der Waals surface area (Å²) in [5.41, 5.74) is 3.54. The fourth-order valence-electron chi connectivity index (χ4n) is 2.81. The average Bonchev–Trinajstić information content (AvgIpc) is 3.54. The first kappa shape index (κ1) is 23.5. The molecule has 33 heavy (non-hydrogen) atoms. The molecule has 2 aromatic rings. The number of nitrogens with zero attached hydrogens (tertiary/aromatic N) is 2. The van der Waals surface area contributed by atoms with Gasteiger partial charge in [-0.1, -0.05) is 0 Å². The smallest absolute Gasteiger partial charge is 0.420 e. The number of rotatable bonds is 7. The zero-order valence-corrected chi connectivity index (χ0v) is 16.9. The lowest BCUT2D eigenvalue weighted by Gasteiger charge is -2.17. The number of amides is 2. The van der Waals surface area contributed by atoms with Gasteiger partial charge in [0.05, 0.1) is 18.4 Å². The number of phenols is 1. The molecule has 13 heteroatoms. The molecule has 1 aromatic carbocycles. The van der Waals surface area contributed by atoms with Gasteiger partial charge in [0.15, 0.2) is 5.84 Å². The number of hydrogen-bond donors (Lipinski definition) is 5. The molecule has 0 unspecified atom stereocenters. The van der Waals surface area contributed by atoms with Gasteiger partial charge in [-0.05, 0) is 43.2 Å². The van der Waals surface area contributed by atoms with Crippen molar-refractivity contribution in [3.05, 3.63) is 47.8 Å². The number of aromatic hydroxyl groups is 1. The summed E-state index contributed by atoms with van der Waals surface area (Å²) in [7, 11) is 0. The fraction of sp³-hybridized carbons (Fsp3) is 0.250. The molecule has 3 rings (SSSR count). The number of alkyl halides is 3. The van der Waals surface area contributed by atoms with Crippen LogP contribution in [0.5, 0.6) is 17.2 Å². The van der Waals surface area contributed by atoms with Crippen LogP contribution in [0.25, 0.3) is 0 Å². The Hall–Kier alpha value is -4.16. The third kappa shape index (κ3) is 5.75. The molecular weight excluding hydrogens is 445 g/mol. The third-order valence-electron chi connectivity index (χ3n) is 4.70. The summed E-state index contributed by atoms with van der Waals surface area (Å²) in [6.07, 6.45) is -2.12. The Morgan fingerprint density at radius 3 is 2.61 bits per heavy atom. The number of pyridine rings is 1. The highest BCUT2D eigenvalue weighted by Gasteiger charge is 2.51. The Kier molecular flexibility index (Phi) is 6.51. The Labute approximate surface area is 185 Å². The van der Waals surface area contributed by atoms with E-state index in [9.17, 15) is 27.9 Å². The van der Waals surface area contributed by atoms with Crippen LogP contribution in [-0.4, -0.2) is 39.6 Å². The number of nitrogens with two attached hydrogens (primary N) is 1. The molecule has 2 amide bonds. The quantitative estimate of drug-likeness (QED) is 0.310. The maximum absolute atomic E-state index is 13.1. The largest absolute Gasteiger partial charge is 0.508 e. The van der Waals surface area contributed by atoms with E-state index in [2.05, 4.69) is 20.6 Å². The van der Waals surface area contributed by atoms with Crippen LogP contribution in [-0.2, 0) is 22.3 Å². The van der Waals surface area contributed by atoms with Crippen LogP contribution in [0.1, 0.15) is 24.1 Å². The molecule has 0 spiro atoms. The number of benzene rings is 1. The van der Waals surface area contributed by atoms with Gasteiger partial charge in [0.25, 0.3) is 5.91 Å². The number of aliphatic imine (C=N–C) groups is 1. The van der Waals surface area contributed by atoms with E-state index in [1.54, 1.807) is 0 Å². The topological polar surface area (TPSA) is 163 Å². The van der Waals surface area contributed by atoms with Gasteiger partial charge in [0.1, 0.15) is 34.7 Å². The van der Waals surface area contributed by atoms with Crippen molar-refractivity contribution in [2.24, 2.45) is 10.7 Å². The van der Waals surface area contributed by atoms with Crippen molar-refractivity contribution < 1.29 is 32.6 Å². The SMILES string of the molecule is N=CN=C(N)C(=O)NC1(C(=O)NCc2ccc(Oc3ccc(O)cc3C(F)(F)F)cn2)CC1. The van der Waals surface area contributed by atoms with Crippen molar-refractivity contribution in [1.29, 1.82) is 5.41 Å². The van der Waals surface area contributed by atoms with Crippen LogP contribution in [0.2, 0.25) is 0 Å². The molecule has 0 radical (unpaired) electrons. The lowest BCUT2D eigenvalue weighted by atomic mass is 10.2. The Morgan fingerprint density at radius 1 is 1.30 bits per heavy atom. The molecule has 1 aromatic heterocycles. The van der Waals surface area contributed by atoms with Gasteiger partial charge in [0, 0.05) is 0 Å². The lowest BCUT2D eigenvalue weighted by molar-refractivity contribution is -0.138. The number of nitrogens with one attached hydrogen (secondary N) is 3. The number of phenolic OH excluding ortho intramolecular Hbond substituents is 1. The summed E-state index contributed by atoms with van der Waals surface area (Å²) < 4.78 is 44.7. The number of hydrogen-bond acceptors (Lipinski definition) is 6. The summed E-state index contributed by atoms with van der Waals surface area (Å²) in [6.45, 7) is -0.00614. The van der Waals surface area contributed by atoms with Gasteiger partial charge in [-0.25, -0.2) is 4.99 Å². The normalized spacial score (nSPS) is 14.8. The molecule has 1 heterocycles. The molecule has 1 aliphatic carbocycles. The van der Waals surface area contributed by atoms with Crippen molar-refractivity contribution in [1.82, 2.24) is 15.6 Å². The number of carbonyl (C=O) groups is 2. The zero-order chi connectivity index (χ0) is 24.2. The Morgan fingerprint density at radius 2 is 2.03 bits per heavy atom. The van der Waals surface area contributed by atoms with Crippen LogP contribution in [0.15, 0.2) is 41.5 Å². The third-order valence-corrected chi connectivity index (χ3v) is 4.70. The maximum Gasteiger partial charge on any atom is 0.420 e. The molecule has 0 saturated heterocycles. The van der Waals surface area contributed by atoms with E-state index in [0.29, 0.717) is 30.9 Å². The summed E-state index contributed by atoms with van der Waals surface area (Å²) >= 11 is 0. The summed E-state index contributed by atoms with van der Waals surface area (Å²) in [5, 5.41) is 21.2. The second-order valence-electron chi connectivity index (χ2n) is 7.13. The van der Waals surface area contributed by atoms with Crippen LogP contribution in [0.4, 0.5) is 13.2 Å². The van der Waals surface area contributed by atoms with E-state index in [-0.39, 0.29) is 12.3 Å². The van der Waals surface area contributed by atoms with E-state index in [0.717, 1.165) is 12.1 Å². The molecule has 1 fully saturated rings. The van der Waals surface area contributed by atoms with Crippen molar-refractivity contribution in [3.8, 4) is 17.2 Å². The predicted molar refractivity (Wildman–Crippen MR) is 110 cm³/mol. The monoisotopic (exact) mass is 464 g/mol. The predicted octanol–water partition coefficient (Wildman–Crippen LogP) is 1.83. The van der Waals surface area contributed by atoms with Crippen LogP contribution >= 0.6 is 0 Å². The second kappa shape index (κ2) is 9.14. The number of halogens is 3. The number of amidine groups is 1. The fourth-order valence-corrected chi connectivity index (χ4v) is 2.81. The Bertz CT molecular complexity index is 1100. The molecule has 0 aliphatic heterocycles. The van der Waals surface area contributed by atoms with E-state index >= 15 is 0 Å². The summed E-state index contributed by atoms with van der Waals surface area (Å²) in [4.78, 5) is 31.7. The van der Waals surface area contributed by atoms with Gasteiger partial charge < -0.3 is 26.2 Å². The van der Waals surface area contributed by atoms with Crippen molar-refractivity contribution >= 4 is 24.0 Å². The standard InChI is InChI=1S/C20H19F3N6O4/c21-20(22,23)14-7-12(30)2-4-15(14)33-13-3-1-11(26-9-13)8-27-18(32)19(5-6-19)29-17(31)16(25)28-10-24/h1-4,7,9-10,30H,5-6,8H2,(H,27,32)(H,29,31)(H3,24,25,28). The van der Waals surface area contributed by atoms with Crippen LogP contribution in [0, 0.1) is 5.41 Å². The van der Waals surface area contributed by atoms with Crippen molar-refractivity contribution in [3.63, 3.8) is 0 Å². The van der Waals surface area contributed by atoms with Gasteiger partial charge in [-0.15, -0.1) is 0 Å². The molecule has 0 atom stereocenters. The highest BCUT2D eigenvalue weighted by atomic mass is 19.4. The highest BCUT2D eigenvalue weighted by molar-refractivity contribution is 6.38. The lowest BCUT2D eigenvalue weighted by Crippen LogP contribution is -2.52. The first-order valence-corrected chi connectivity index (χ1v) is 9.50.